The number of furan rings is 1. The van der Waals surface area contributed by atoms with Gasteiger partial charge in [0.2, 0.25) is 0 Å². The van der Waals surface area contributed by atoms with Gasteiger partial charge in [-0.3, -0.25) is 4.79 Å². The molecule has 0 fully saturated rings. The van der Waals surface area contributed by atoms with Gasteiger partial charge in [-0.15, -0.1) is 0 Å². The van der Waals surface area contributed by atoms with E-state index in [-0.39, 0.29) is 5.91 Å². The van der Waals surface area contributed by atoms with Crippen LogP contribution in [0.3, 0.4) is 0 Å². The van der Waals surface area contributed by atoms with Gasteiger partial charge < -0.3 is 14.1 Å². The summed E-state index contributed by atoms with van der Waals surface area (Å²) in [5.41, 5.74) is 1.53. The first-order chi connectivity index (χ1) is 9.11. The van der Waals surface area contributed by atoms with Gasteiger partial charge in [0, 0.05) is 23.6 Å². The minimum absolute atomic E-state index is 0.0769. The largest absolute Gasteiger partial charge is 0.497 e. The smallest absolute Gasteiger partial charge is 0.255 e. The lowest BCUT2D eigenvalue weighted by molar-refractivity contribution is 0.0783. The number of methoxy groups -OCH3 is 1. The minimum Gasteiger partial charge on any atom is -0.497 e. The molecule has 4 nitrogen and oxygen atoms in total. The fraction of sp³-hybridized carbons (Fsp3) is 0.214. The topological polar surface area (TPSA) is 42.7 Å². The summed E-state index contributed by atoms with van der Waals surface area (Å²) in [6.07, 6.45) is 3.22. The van der Waals surface area contributed by atoms with Crippen molar-refractivity contribution < 1.29 is 13.9 Å². The van der Waals surface area contributed by atoms with Crippen molar-refractivity contribution in [2.24, 2.45) is 0 Å². The molecule has 0 aliphatic heterocycles. The molecule has 1 aromatic carbocycles. The first kappa shape index (κ1) is 13.7. The Labute approximate surface area is 120 Å². The van der Waals surface area contributed by atoms with Crippen LogP contribution >= 0.6 is 15.9 Å². The molecule has 2 rings (SSSR count). The number of hydrogen-bond acceptors (Lipinski definition) is 3. The van der Waals surface area contributed by atoms with E-state index in [4.69, 9.17) is 9.15 Å². The SMILES string of the molecule is COc1ccc(Br)c(C(=O)N(C)Cc2ccoc2)c1. The Morgan fingerprint density at radius 3 is 2.84 bits per heavy atom. The number of rotatable bonds is 4. The molecule has 0 spiro atoms. The van der Waals surface area contributed by atoms with Crippen LogP contribution in [0, 0.1) is 0 Å². The second-order valence-corrected chi connectivity index (χ2v) is 4.99. The molecule has 1 heterocycles. The molecule has 0 aliphatic rings. The highest BCUT2D eigenvalue weighted by Crippen LogP contribution is 2.24. The molecular formula is C14H14BrNO3. The number of hydrogen-bond donors (Lipinski definition) is 0. The van der Waals surface area contributed by atoms with Gasteiger partial charge in [-0.05, 0) is 40.2 Å². The molecule has 5 heteroatoms. The highest BCUT2D eigenvalue weighted by Gasteiger charge is 2.16. The molecule has 2 aromatic rings. The van der Waals surface area contributed by atoms with Gasteiger partial charge >= 0.3 is 0 Å². The van der Waals surface area contributed by atoms with Crippen molar-refractivity contribution in [1.82, 2.24) is 4.90 Å². The van der Waals surface area contributed by atoms with Crippen LogP contribution in [0.4, 0.5) is 0 Å². The number of benzene rings is 1. The summed E-state index contributed by atoms with van der Waals surface area (Å²) in [6.45, 7) is 0.499. The molecular weight excluding hydrogens is 310 g/mol. The summed E-state index contributed by atoms with van der Waals surface area (Å²) < 4.78 is 10.9. The molecule has 0 atom stereocenters. The van der Waals surface area contributed by atoms with Crippen molar-refractivity contribution in [3.8, 4) is 5.75 Å². The average molecular weight is 324 g/mol. The van der Waals surface area contributed by atoms with Gasteiger partial charge in [0.15, 0.2) is 0 Å². The Kier molecular flexibility index (Phi) is 4.27. The van der Waals surface area contributed by atoms with E-state index in [1.54, 1.807) is 49.8 Å². The lowest BCUT2D eigenvalue weighted by Crippen LogP contribution is -2.26. The second kappa shape index (κ2) is 5.93. The number of carbonyl (C=O) groups excluding carboxylic acids is 1. The van der Waals surface area contributed by atoms with E-state index in [1.165, 1.54) is 0 Å². The number of ether oxygens (including phenoxy) is 1. The zero-order chi connectivity index (χ0) is 13.8. The summed E-state index contributed by atoms with van der Waals surface area (Å²) in [5.74, 6) is 0.579. The standard InChI is InChI=1S/C14H14BrNO3/c1-16(8-10-5-6-19-9-10)14(17)12-7-11(18-2)3-4-13(12)15/h3-7,9H,8H2,1-2H3. The Hall–Kier alpha value is -1.75. The molecule has 0 radical (unpaired) electrons. The van der Waals surface area contributed by atoms with Gasteiger partial charge in [-0.2, -0.15) is 0 Å². The molecule has 0 saturated heterocycles. The molecule has 100 valence electrons. The fourth-order valence-electron chi connectivity index (χ4n) is 1.73. The van der Waals surface area contributed by atoms with Gasteiger partial charge in [0.1, 0.15) is 5.75 Å². The number of halogens is 1. The van der Waals surface area contributed by atoms with Crippen LogP contribution in [0.5, 0.6) is 5.75 Å². The van der Waals surface area contributed by atoms with E-state index < -0.39 is 0 Å². The first-order valence-corrected chi connectivity index (χ1v) is 6.51. The second-order valence-electron chi connectivity index (χ2n) is 4.14. The number of amides is 1. The summed E-state index contributed by atoms with van der Waals surface area (Å²) in [5, 5.41) is 0. The van der Waals surface area contributed by atoms with Crippen molar-refractivity contribution in [3.05, 3.63) is 52.4 Å². The summed E-state index contributed by atoms with van der Waals surface area (Å²) in [6, 6.07) is 7.16. The van der Waals surface area contributed by atoms with Crippen LogP contribution in [0.2, 0.25) is 0 Å². The minimum atomic E-state index is -0.0769. The molecule has 1 amide bonds. The Morgan fingerprint density at radius 2 is 2.21 bits per heavy atom. The number of carbonyl (C=O) groups is 1. The Morgan fingerprint density at radius 1 is 1.42 bits per heavy atom. The predicted octanol–water partition coefficient (Wildman–Crippen LogP) is 3.32. The maximum Gasteiger partial charge on any atom is 0.255 e. The molecule has 1 aromatic heterocycles. The summed E-state index contributed by atoms with van der Waals surface area (Å²) >= 11 is 3.38. The van der Waals surface area contributed by atoms with E-state index in [2.05, 4.69) is 15.9 Å². The van der Waals surface area contributed by atoms with E-state index >= 15 is 0 Å². The Bertz CT molecular complexity index is 566. The van der Waals surface area contributed by atoms with Crippen LogP contribution in [0.25, 0.3) is 0 Å². The van der Waals surface area contributed by atoms with E-state index in [1.807, 2.05) is 6.07 Å². The van der Waals surface area contributed by atoms with E-state index in [0.29, 0.717) is 17.9 Å². The van der Waals surface area contributed by atoms with E-state index in [9.17, 15) is 4.79 Å². The average Bonchev–Trinajstić information content (AvgIpc) is 2.91. The summed E-state index contributed by atoms with van der Waals surface area (Å²) in [4.78, 5) is 14.0. The first-order valence-electron chi connectivity index (χ1n) is 5.72. The maximum absolute atomic E-state index is 12.4. The van der Waals surface area contributed by atoms with Crippen LogP contribution in [-0.2, 0) is 6.54 Å². The van der Waals surface area contributed by atoms with Gasteiger partial charge in [-0.1, -0.05) is 0 Å². The van der Waals surface area contributed by atoms with E-state index in [0.717, 1.165) is 10.0 Å². The van der Waals surface area contributed by atoms with Crippen molar-refractivity contribution in [2.45, 2.75) is 6.54 Å². The third-order valence-electron chi connectivity index (χ3n) is 2.75. The molecule has 0 unspecified atom stereocenters. The highest BCUT2D eigenvalue weighted by atomic mass is 79.9. The fourth-order valence-corrected chi connectivity index (χ4v) is 2.15. The lowest BCUT2D eigenvalue weighted by atomic mass is 10.2. The Balaban J connectivity index is 2.18. The predicted molar refractivity (Wildman–Crippen MR) is 75.2 cm³/mol. The van der Waals surface area contributed by atoms with Gasteiger partial charge in [0.05, 0.1) is 25.2 Å². The van der Waals surface area contributed by atoms with Gasteiger partial charge in [-0.25, -0.2) is 0 Å². The molecule has 0 aliphatic carbocycles. The van der Waals surface area contributed by atoms with Crippen molar-refractivity contribution >= 4 is 21.8 Å². The monoisotopic (exact) mass is 323 g/mol. The van der Waals surface area contributed by atoms with Gasteiger partial charge in [0.25, 0.3) is 5.91 Å². The third-order valence-corrected chi connectivity index (χ3v) is 3.44. The van der Waals surface area contributed by atoms with Crippen molar-refractivity contribution in [3.63, 3.8) is 0 Å². The molecule has 0 bridgehead atoms. The van der Waals surface area contributed by atoms with Crippen LogP contribution in [0.1, 0.15) is 15.9 Å². The highest BCUT2D eigenvalue weighted by molar-refractivity contribution is 9.10. The lowest BCUT2D eigenvalue weighted by Gasteiger charge is -2.17. The summed E-state index contributed by atoms with van der Waals surface area (Å²) in [7, 11) is 3.33. The zero-order valence-corrected chi connectivity index (χ0v) is 12.3. The molecule has 0 N–H and O–H groups in total. The number of nitrogens with zero attached hydrogens (tertiary/aromatic N) is 1. The third kappa shape index (κ3) is 3.17. The maximum atomic E-state index is 12.4. The molecule has 0 saturated carbocycles. The van der Waals surface area contributed by atoms with Crippen molar-refractivity contribution in [1.29, 1.82) is 0 Å². The van der Waals surface area contributed by atoms with Crippen LogP contribution in [0.15, 0.2) is 45.7 Å². The van der Waals surface area contributed by atoms with Crippen LogP contribution < -0.4 is 4.74 Å². The zero-order valence-electron chi connectivity index (χ0n) is 10.7. The molecule has 19 heavy (non-hydrogen) atoms. The quantitative estimate of drug-likeness (QED) is 0.866. The van der Waals surface area contributed by atoms with Crippen LogP contribution in [-0.4, -0.2) is 25.0 Å². The van der Waals surface area contributed by atoms with Crippen molar-refractivity contribution in [2.75, 3.05) is 14.2 Å². The normalized spacial score (nSPS) is 10.3.